The molecule has 1 aliphatic rings. The van der Waals surface area contributed by atoms with Gasteiger partial charge in [0.2, 0.25) is 11.1 Å². The molecule has 3 rings (SSSR count). The molecule has 1 saturated carbocycles. The first-order valence-electron chi connectivity index (χ1n) is 7.05. The van der Waals surface area contributed by atoms with Crippen molar-refractivity contribution in [2.24, 2.45) is 0 Å². The third kappa shape index (κ3) is 4.02. The van der Waals surface area contributed by atoms with Gasteiger partial charge in [-0.1, -0.05) is 29.4 Å². The molecule has 128 valence electrons. The van der Waals surface area contributed by atoms with Crippen molar-refractivity contribution in [3.63, 3.8) is 0 Å². The molecule has 1 heterocycles. The lowest BCUT2D eigenvalue weighted by Crippen LogP contribution is -2.18. The fourth-order valence-corrected chi connectivity index (χ4v) is 2.88. The number of H-pyrrole nitrogens is 1. The lowest BCUT2D eigenvalue weighted by molar-refractivity contribution is -0.137. The van der Waals surface area contributed by atoms with Gasteiger partial charge in [-0.25, -0.2) is 4.98 Å². The lowest BCUT2D eigenvalue weighted by Gasteiger charge is -2.14. The quantitative estimate of drug-likeness (QED) is 0.771. The summed E-state index contributed by atoms with van der Waals surface area (Å²) >= 11 is 6.83. The Labute approximate surface area is 144 Å². The van der Waals surface area contributed by atoms with Crippen LogP contribution in [0.3, 0.4) is 0 Å². The predicted octanol–water partition coefficient (Wildman–Crippen LogP) is 4.09. The van der Waals surface area contributed by atoms with E-state index in [-0.39, 0.29) is 10.8 Å². The number of hydrogen-bond acceptors (Lipinski definition) is 4. The SMILES string of the molecule is O=C(CSc1n[nH]c(C2CC2)n1)Nc1c(Cl)cccc1C(F)(F)F. The van der Waals surface area contributed by atoms with Gasteiger partial charge >= 0.3 is 6.18 Å². The first-order valence-corrected chi connectivity index (χ1v) is 8.41. The molecule has 0 saturated heterocycles. The summed E-state index contributed by atoms with van der Waals surface area (Å²) in [7, 11) is 0. The maximum atomic E-state index is 13.0. The molecule has 10 heteroatoms. The smallest absolute Gasteiger partial charge is 0.324 e. The standard InChI is InChI=1S/C14H12ClF3N4OS/c15-9-3-1-2-8(14(16,17)18)11(9)19-10(23)6-24-13-20-12(21-22-13)7-4-5-7/h1-3,7H,4-6H2,(H,19,23)(H,20,21,22). The number of benzene rings is 1. The minimum atomic E-state index is -4.61. The van der Waals surface area contributed by atoms with Crippen LogP contribution in [0.15, 0.2) is 23.4 Å². The third-order valence-corrected chi connectivity index (χ3v) is 4.52. The first-order chi connectivity index (χ1) is 11.3. The topological polar surface area (TPSA) is 70.7 Å². The molecule has 1 aromatic carbocycles. The van der Waals surface area contributed by atoms with Crippen molar-refractivity contribution in [2.45, 2.75) is 30.1 Å². The molecule has 0 unspecified atom stereocenters. The molecule has 1 aromatic heterocycles. The number of thioether (sulfide) groups is 1. The van der Waals surface area contributed by atoms with E-state index in [1.807, 2.05) is 0 Å². The monoisotopic (exact) mass is 376 g/mol. The van der Waals surface area contributed by atoms with Crippen LogP contribution in [-0.4, -0.2) is 26.8 Å². The first kappa shape index (κ1) is 17.1. The summed E-state index contributed by atoms with van der Waals surface area (Å²) in [6.45, 7) is 0. The van der Waals surface area contributed by atoms with Gasteiger partial charge in [-0.2, -0.15) is 13.2 Å². The molecule has 0 bridgehead atoms. The number of nitrogens with one attached hydrogen (secondary N) is 2. The van der Waals surface area contributed by atoms with Crippen molar-refractivity contribution in [3.8, 4) is 0 Å². The molecule has 0 spiro atoms. The van der Waals surface area contributed by atoms with Gasteiger partial charge in [0.15, 0.2) is 0 Å². The van der Waals surface area contributed by atoms with Crippen LogP contribution in [0, 0.1) is 0 Å². The van der Waals surface area contributed by atoms with Crippen molar-refractivity contribution < 1.29 is 18.0 Å². The number of hydrogen-bond donors (Lipinski definition) is 2. The number of alkyl halides is 3. The highest BCUT2D eigenvalue weighted by Crippen LogP contribution is 2.39. The van der Waals surface area contributed by atoms with Gasteiger partial charge in [0, 0.05) is 5.92 Å². The third-order valence-electron chi connectivity index (χ3n) is 3.36. The van der Waals surface area contributed by atoms with Gasteiger partial charge in [-0.3, -0.25) is 9.89 Å². The molecule has 2 N–H and O–H groups in total. The molecule has 1 fully saturated rings. The number of anilines is 1. The van der Waals surface area contributed by atoms with E-state index >= 15 is 0 Å². The summed E-state index contributed by atoms with van der Waals surface area (Å²) in [6, 6.07) is 3.34. The maximum absolute atomic E-state index is 13.0. The Morgan fingerprint density at radius 3 is 2.83 bits per heavy atom. The van der Waals surface area contributed by atoms with Crippen molar-refractivity contribution in [3.05, 3.63) is 34.6 Å². The van der Waals surface area contributed by atoms with E-state index in [0.29, 0.717) is 11.1 Å². The molecule has 5 nitrogen and oxygen atoms in total. The average molecular weight is 377 g/mol. The van der Waals surface area contributed by atoms with E-state index in [2.05, 4.69) is 20.5 Å². The number of para-hydroxylation sites is 1. The predicted molar refractivity (Wildman–Crippen MR) is 84.2 cm³/mol. The Kier molecular flexibility index (Phi) is 4.73. The molecule has 0 atom stereocenters. The number of aromatic nitrogens is 3. The summed E-state index contributed by atoms with van der Waals surface area (Å²) in [5.74, 6) is 0.447. The van der Waals surface area contributed by atoms with Crippen LogP contribution in [0.25, 0.3) is 0 Å². The van der Waals surface area contributed by atoms with Gasteiger partial charge in [0.1, 0.15) is 5.82 Å². The van der Waals surface area contributed by atoms with Crippen LogP contribution < -0.4 is 5.32 Å². The summed E-state index contributed by atoms with van der Waals surface area (Å²) in [4.78, 5) is 16.2. The molecule has 24 heavy (non-hydrogen) atoms. The Hall–Kier alpha value is -1.74. The van der Waals surface area contributed by atoms with E-state index in [9.17, 15) is 18.0 Å². The van der Waals surface area contributed by atoms with Crippen LogP contribution in [0.4, 0.5) is 18.9 Å². The van der Waals surface area contributed by atoms with Gasteiger partial charge in [-0.05, 0) is 25.0 Å². The van der Waals surface area contributed by atoms with Crippen LogP contribution in [-0.2, 0) is 11.0 Å². The highest BCUT2D eigenvalue weighted by atomic mass is 35.5. The molecular formula is C14H12ClF3N4OS. The Balaban J connectivity index is 1.64. The maximum Gasteiger partial charge on any atom is 0.418 e. The van der Waals surface area contributed by atoms with Gasteiger partial charge in [-0.15, -0.1) is 5.10 Å². The van der Waals surface area contributed by atoms with E-state index in [0.717, 1.165) is 36.5 Å². The number of nitrogens with zero attached hydrogens (tertiary/aromatic N) is 2. The number of carbonyl (C=O) groups is 1. The second-order valence-electron chi connectivity index (χ2n) is 5.27. The summed E-state index contributed by atoms with van der Waals surface area (Å²) in [5, 5.41) is 9.21. The highest BCUT2D eigenvalue weighted by molar-refractivity contribution is 7.99. The Morgan fingerprint density at radius 2 is 2.17 bits per heavy atom. The molecular weight excluding hydrogens is 365 g/mol. The van der Waals surface area contributed by atoms with Gasteiger partial charge < -0.3 is 5.32 Å². The fourth-order valence-electron chi connectivity index (χ4n) is 2.06. The summed E-state index contributed by atoms with van der Waals surface area (Å²) in [6.07, 6.45) is -2.48. The lowest BCUT2D eigenvalue weighted by atomic mass is 10.1. The highest BCUT2D eigenvalue weighted by Gasteiger charge is 2.34. The van der Waals surface area contributed by atoms with E-state index < -0.39 is 23.3 Å². The number of amides is 1. The molecule has 1 aliphatic carbocycles. The van der Waals surface area contributed by atoms with E-state index in [4.69, 9.17) is 11.6 Å². The zero-order valence-electron chi connectivity index (χ0n) is 12.2. The van der Waals surface area contributed by atoms with Crippen molar-refractivity contribution in [2.75, 3.05) is 11.1 Å². The van der Waals surface area contributed by atoms with Crippen LogP contribution in [0.2, 0.25) is 5.02 Å². The minimum Gasteiger partial charge on any atom is -0.324 e. The second kappa shape index (κ2) is 6.64. The Bertz CT molecular complexity index is 761. The molecule has 2 aromatic rings. The molecule has 1 amide bonds. The summed E-state index contributed by atoms with van der Waals surface area (Å²) < 4.78 is 38.9. The largest absolute Gasteiger partial charge is 0.418 e. The van der Waals surface area contributed by atoms with E-state index in [1.165, 1.54) is 12.1 Å². The zero-order chi connectivity index (χ0) is 17.3. The second-order valence-corrected chi connectivity index (χ2v) is 6.62. The fraction of sp³-hybridized carbons (Fsp3) is 0.357. The number of rotatable bonds is 5. The molecule has 0 aliphatic heterocycles. The van der Waals surface area contributed by atoms with Gasteiger partial charge in [0.25, 0.3) is 0 Å². The normalized spacial score (nSPS) is 14.7. The van der Waals surface area contributed by atoms with Crippen molar-refractivity contribution >= 4 is 35.0 Å². The Morgan fingerprint density at radius 1 is 1.42 bits per heavy atom. The minimum absolute atomic E-state index is 0.121. The molecule has 0 radical (unpaired) electrons. The van der Waals surface area contributed by atoms with Crippen molar-refractivity contribution in [1.29, 1.82) is 0 Å². The van der Waals surface area contributed by atoms with Crippen LogP contribution in [0.5, 0.6) is 0 Å². The van der Waals surface area contributed by atoms with E-state index in [1.54, 1.807) is 0 Å². The van der Waals surface area contributed by atoms with Gasteiger partial charge in [0.05, 0.1) is 22.0 Å². The average Bonchev–Trinajstić information content (AvgIpc) is 3.25. The number of carbonyl (C=O) groups excluding carboxylic acids is 1. The van der Waals surface area contributed by atoms with Crippen LogP contribution in [0.1, 0.15) is 30.1 Å². The van der Waals surface area contributed by atoms with Crippen molar-refractivity contribution in [1.82, 2.24) is 15.2 Å². The summed E-state index contributed by atoms with van der Waals surface area (Å²) in [5.41, 5.74) is -1.42. The zero-order valence-corrected chi connectivity index (χ0v) is 13.7. The van der Waals surface area contributed by atoms with Crippen LogP contribution >= 0.6 is 23.4 Å². The number of aromatic amines is 1. The number of halogens is 4.